The molecule has 1 N–H and O–H groups in total. The summed E-state index contributed by atoms with van der Waals surface area (Å²) in [5.74, 6) is -1.03. The fourth-order valence-electron chi connectivity index (χ4n) is 1.52. The summed E-state index contributed by atoms with van der Waals surface area (Å²) in [5.41, 5.74) is 0.342. The van der Waals surface area contributed by atoms with Crippen LogP contribution in [0.1, 0.15) is 30.3 Å². The van der Waals surface area contributed by atoms with Gasteiger partial charge in [-0.3, -0.25) is 0 Å². The lowest BCUT2D eigenvalue weighted by Crippen LogP contribution is -2.13. The fraction of sp³-hybridized carbons (Fsp3) is 0.625. The maximum Gasteiger partial charge on any atom is 0.452 e. The Morgan fingerprint density at radius 3 is 2.79 bits per heavy atom. The molecular formula is C8H9F3N2O. The number of aromatic nitrogens is 1. The molecule has 0 radical (unpaired) electrons. The van der Waals surface area contributed by atoms with Gasteiger partial charge in [-0.2, -0.15) is 13.2 Å². The predicted octanol–water partition coefficient (Wildman–Crippen LogP) is 2.12. The van der Waals surface area contributed by atoms with Crippen LogP contribution in [-0.4, -0.2) is 11.7 Å². The van der Waals surface area contributed by atoms with Gasteiger partial charge in [0.05, 0.1) is 6.04 Å². The summed E-state index contributed by atoms with van der Waals surface area (Å²) in [6.07, 6.45) is -2.67. The number of nitrogens with one attached hydrogen (secondary N) is 1. The molecule has 0 spiro atoms. The van der Waals surface area contributed by atoms with Crippen LogP contribution in [0.25, 0.3) is 0 Å². The van der Waals surface area contributed by atoms with Gasteiger partial charge < -0.3 is 9.84 Å². The second-order valence-corrected chi connectivity index (χ2v) is 3.26. The van der Waals surface area contributed by atoms with E-state index in [9.17, 15) is 13.2 Å². The van der Waals surface area contributed by atoms with Gasteiger partial charge in [-0.1, -0.05) is 5.16 Å². The first-order chi connectivity index (χ1) is 6.57. The number of nitrogens with zero attached hydrogens (tertiary/aromatic N) is 1. The van der Waals surface area contributed by atoms with Crippen molar-refractivity contribution in [3.05, 3.63) is 17.5 Å². The SMILES string of the molecule is FC(F)(F)c1cc([C@H]2CCCN2)no1. The molecule has 14 heavy (non-hydrogen) atoms. The minimum atomic E-state index is -4.44. The van der Waals surface area contributed by atoms with Crippen LogP contribution >= 0.6 is 0 Å². The highest BCUT2D eigenvalue weighted by atomic mass is 19.4. The highest BCUT2D eigenvalue weighted by Gasteiger charge is 2.37. The molecule has 0 saturated carbocycles. The minimum absolute atomic E-state index is 0.0881. The summed E-state index contributed by atoms with van der Waals surface area (Å²) < 4.78 is 40.6. The molecule has 1 fully saturated rings. The van der Waals surface area contributed by atoms with Crippen LogP contribution in [0.5, 0.6) is 0 Å². The van der Waals surface area contributed by atoms with Crippen molar-refractivity contribution in [3.63, 3.8) is 0 Å². The van der Waals surface area contributed by atoms with Crippen LogP contribution in [0.15, 0.2) is 10.6 Å². The molecule has 0 aliphatic carbocycles. The van der Waals surface area contributed by atoms with Crippen LogP contribution in [0.2, 0.25) is 0 Å². The van der Waals surface area contributed by atoms with Gasteiger partial charge in [-0.25, -0.2) is 0 Å². The average molecular weight is 206 g/mol. The van der Waals surface area contributed by atoms with E-state index in [1.807, 2.05) is 0 Å². The van der Waals surface area contributed by atoms with Gasteiger partial charge in [0.25, 0.3) is 0 Å². The quantitative estimate of drug-likeness (QED) is 0.764. The van der Waals surface area contributed by atoms with Gasteiger partial charge in [0, 0.05) is 6.07 Å². The third-order valence-corrected chi connectivity index (χ3v) is 2.23. The highest BCUT2D eigenvalue weighted by Crippen LogP contribution is 2.32. The van der Waals surface area contributed by atoms with Gasteiger partial charge in [0.2, 0.25) is 5.76 Å². The van der Waals surface area contributed by atoms with Gasteiger partial charge in [-0.15, -0.1) is 0 Å². The Kier molecular flexibility index (Phi) is 2.22. The van der Waals surface area contributed by atoms with Crippen molar-refractivity contribution in [2.45, 2.75) is 25.1 Å². The lowest BCUT2D eigenvalue weighted by atomic mass is 10.1. The van der Waals surface area contributed by atoms with E-state index in [2.05, 4.69) is 15.0 Å². The van der Waals surface area contributed by atoms with Gasteiger partial charge >= 0.3 is 6.18 Å². The Labute approximate surface area is 78.3 Å². The van der Waals surface area contributed by atoms with Crippen molar-refractivity contribution in [2.75, 3.05) is 6.54 Å². The topological polar surface area (TPSA) is 38.1 Å². The first kappa shape index (κ1) is 9.51. The standard InChI is InChI=1S/C8H9F3N2O/c9-8(10,11)7-4-6(13-14-7)5-2-1-3-12-5/h4-5,12H,1-3H2/t5-/m1/s1. The van der Waals surface area contributed by atoms with Crippen molar-refractivity contribution in [1.29, 1.82) is 0 Å². The maximum absolute atomic E-state index is 12.1. The number of halogens is 3. The first-order valence-corrected chi connectivity index (χ1v) is 4.34. The Bertz CT molecular complexity index is 315. The van der Waals surface area contributed by atoms with E-state index < -0.39 is 11.9 Å². The molecule has 0 amide bonds. The molecule has 0 aromatic carbocycles. The largest absolute Gasteiger partial charge is 0.452 e. The molecule has 1 aromatic heterocycles. The number of alkyl halides is 3. The second-order valence-electron chi connectivity index (χ2n) is 3.26. The fourth-order valence-corrected chi connectivity index (χ4v) is 1.52. The molecule has 1 aliphatic rings. The Hall–Kier alpha value is -1.04. The normalized spacial score (nSPS) is 22.9. The molecule has 1 aromatic rings. The summed E-state index contributed by atoms with van der Waals surface area (Å²) in [7, 11) is 0. The van der Waals surface area contributed by atoms with E-state index in [4.69, 9.17) is 0 Å². The Morgan fingerprint density at radius 2 is 2.29 bits per heavy atom. The monoisotopic (exact) mass is 206 g/mol. The van der Waals surface area contributed by atoms with Crippen molar-refractivity contribution in [2.24, 2.45) is 0 Å². The van der Waals surface area contributed by atoms with E-state index >= 15 is 0 Å². The van der Waals surface area contributed by atoms with Crippen LogP contribution in [0.3, 0.4) is 0 Å². The average Bonchev–Trinajstić information content (AvgIpc) is 2.73. The molecule has 1 aliphatic heterocycles. The summed E-state index contributed by atoms with van der Waals surface area (Å²) in [6.45, 7) is 0.818. The van der Waals surface area contributed by atoms with Crippen LogP contribution in [-0.2, 0) is 6.18 Å². The Balaban J connectivity index is 2.17. The van der Waals surface area contributed by atoms with Crippen molar-refractivity contribution in [1.82, 2.24) is 10.5 Å². The molecule has 78 valence electrons. The van der Waals surface area contributed by atoms with Crippen LogP contribution in [0.4, 0.5) is 13.2 Å². The smallest absolute Gasteiger partial charge is 0.351 e. The molecule has 2 rings (SSSR count). The first-order valence-electron chi connectivity index (χ1n) is 4.34. The number of hydrogen-bond donors (Lipinski definition) is 1. The van der Waals surface area contributed by atoms with E-state index in [0.717, 1.165) is 25.5 Å². The van der Waals surface area contributed by atoms with E-state index in [1.165, 1.54) is 0 Å². The van der Waals surface area contributed by atoms with Gasteiger partial charge in [0.1, 0.15) is 5.69 Å². The molecule has 1 saturated heterocycles. The zero-order valence-corrected chi connectivity index (χ0v) is 7.27. The number of hydrogen-bond acceptors (Lipinski definition) is 3. The predicted molar refractivity (Wildman–Crippen MR) is 41.5 cm³/mol. The molecular weight excluding hydrogens is 197 g/mol. The zero-order valence-electron chi connectivity index (χ0n) is 7.27. The summed E-state index contributed by atoms with van der Waals surface area (Å²) in [4.78, 5) is 0. The summed E-state index contributed by atoms with van der Waals surface area (Å²) in [6, 6.07) is 0.873. The summed E-state index contributed by atoms with van der Waals surface area (Å²) >= 11 is 0. The van der Waals surface area contributed by atoms with Gasteiger partial charge in [-0.05, 0) is 19.4 Å². The van der Waals surface area contributed by atoms with Crippen LogP contribution < -0.4 is 5.32 Å². The highest BCUT2D eigenvalue weighted by molar-refractivity contribution is 5.13. The second kappa shape index (κ2) is 3.27. The number of rotatable bonds is 1. The molecule has 2 heterocycles. The molecule has 6 heteroatoms. The molecule has 3 nitrogen and oxygen atoms in total. The Morgan fingerprint density at radius 1 is 1.50 bits per heavy atom. The minimum Gasteiger partial charge on any atom is -0.351 e. The van der Waals surface area contributed by atoms with Crippen molar-refractivity contribution >= 4 is 0 Å². The summed E-state index contributed by atoms with van der Waals surface area (Å²) in [5, 5.41) is 6.45. The maximum atomic E-state index is 12.1. The van der Waals surface area contributed by atoms with E-state index in [0.29, 0.717) is 5.69 Å². The lowest BCUT2D eigenvalue weighted by Gasteiger charge is -2.03. The van der Waals surface area contributed by atoms with Gasteiger partial charge in [0.15, 0.2) is 0 Å². The van der Waals surface area contributed by atoms with Crippen molar-refractivity contribution < 1.29 is 17.7 Å². The van der Waals surface area contributed by atoms with E-state index in [1.54, 1.807) is 0 Å². The van der Waals surface area contributed by atoms with Crippen molar-refractivity contribution in [3.8, 4) is 0 Å². The molecule has 0 unspecified atom stereocenters. The van der Waals surface area contributed by atoms with Crippen LogP contribution in [0, 0.1) is 0 Å². The third-order valence-electron chi connectivity index (χ3n) is 2.23. The lowest BCUT2D eigenvalue weighted by molar-refractivity contribution is -0.155. The molecule has 0 bridgehead atoms. The zero-order chi connectivity index (χ0) is 10.2. The van der Waals surface area contributed by atoms with E-state index in [-0.39, 0.29) is 6.04 Å². The third kappa shape index (κ3) is 1.75. The molecule has 1 atom stereocenters.